The Bertz CT molecular complexity index is 364. The summed E-state index contributed by atoms with van der Waals surface area (Å²) in [7, 11) is -1.25. The molecular weight excluding hydrogens is 250 g/mol. The highest BCUT2D eigenvalue weighted by Crippen LogP contribution is 2.26. The van der Waals surface area contributed by atoms with Crippen molar-refractivity contribution in [3.63, 3.8) is 0 Å². The van der Waals surface area contributed by atoms with Crippen LogP contribution in [0.3, 0.4) is 0 Å². The first-order valence-electron chi connectivity index (χ1n) is 6.97. The molecule has 2 rings (SSSR count). The van der Waals surface area contributed by atoms with Gasteiger partial charge < -0.3 is 5.32 Å². The van der Waals surface area contributed by atoms with E-state index in [0.29, 0.717) is 25.6 Å². The standard InChI is InChI=1S/C12H25N3O2S/c1-11-4-3-7-15(11)18(16,17)14-8-5-12(6-9-14)10-13-2/h11-13H,3-10H2,1-2H3. The highest BCUT2D eigenvalue weighted by Gasteiger charge is 2.37. The molecule has 1 unspecified atom stereocenters. The number of rotatable bonds is 4. The fourth-order valence-corrected chi connectivity index (χ4v) is 4.92. The minimum absolute atomic E-state index is 0.171. The van der Waals surface area contributed by atoms with Gasteiger partial charge in [0.05, 0.1) is 0 Å². The van der Waals surface area contributed by atoms with Gasteiger partial charge in [-0.1, -0.05) is 0 Å². The molecule has 0 aromatic rings. The van der Waals surface area contributed by atoms with E-state index < -0.39 is 10.2 Å². The second kappa shape index (κ2) is 5.86. The minimum atomic E-state index is -3.20. The summed E-state index contributed by atoms with van der Waals surface area (Å²) in [6.45, 7) is 5.06. The van der Waals surface area contributed by atoms with Crippen molar-refractivity contribution in [3.8, 4) is 0 Å². The molecule has 0 spiro atoms. The molecule has 1 atom stereocenters. The van der Waals surface area contributed by atoms with E-state index in [1.807, 2.05) is 14.0 Å². The number of piperidine rings is 1. The lowest BCUT2D eigenvalue weighted by molar-refractivity contribution is 0.250. The molecule has 2 aliphatic rings. The number of nitrogens with one attached hydrogen (secondary N) is 1. The van der Waals surface area contributed by atoms with Gasteiger partial charge in [0.15, 0.2) is 0 Å². The van der Waals surface area contributed by atoms with Crippen molar-refractivity contribution in [1.82, 2.24) is 13.9 Å². The van der Waals surface area contributed by atoms with Gasteiger partial charge in [-0.15, -0.1) is 0 Å². The van der Waals surface area contributed by atoms with Crippen LogP contribution in [-0.2, 0) is 10.2 Å². The Morgan fingerprint density at radius 3 is 2.33 bits per heavy atom. The van der Waals surface area contributed by atoms with Crippen LogP contribution in [0, 0.1) is 5.92 Å². The molecule has 2 heterocycles. The highest BCUT2D eigenvalue weighted by molar-refractivity contribution is 7.86. The number of nitrogens with zero attached hydrogens (tertiary/aromatic N) is 2. The average Bonchev–Trinajstić information content (AvgIpc) is 2.77. The third-order valence-electron chi connectivity index (χ3n) is 4.18. The highest BCUT2D eigenvalue weighted by atomic mass is 32.2. The molecule has 0 bridgehead atoms. The molecule has 5 nitrogen and oxygen atoms in total. The second-order valence-corrected chi connectivity index (χ2v) is 7.39. The van der Waals surface area contributed by atoms with Gasteiger partial charge in [-0.05, 0) is 52.1 Å². The van der Waals surface area contributed by atoms with E-state index in [9.17, 15) is 8.42 Å². The lowest BCUT2D eigenvalue weighted by Crippen LogP contribution is -2.48. The van der Waals surface area contributed by atoms with Crippen molar-refractivity contribution in [1.29, 1.82) is 0 Å². The Labute approximate surface area is 111 Å². The smallest absolute Gasteiger partial charge is 0.282 e. The van der Waals surface area contributed by atoms with Crippen molar-refractivity contribution >= 4 is 10.2 Å². The number of hydrogen-bond acceptors (Lipinski definition) is 3. The van der Waals surface area contributed by atoms with Crippen LogP contribution in [0.1, 0.15) is 32.6 Å². The predicted octanol–water partition coefficient (Wildman–Crippen LogP) is 0.647. The van der Waals surface area contributed by atoms with E-state index in [1.54, 1.807) is 8.61 Å². The van der Waals surface area contributed by atoms with Gasteiger partial charge in [0.1, 0.15) is 0 Å². The van der Waals surface area contributed by atoms with Crippen LogP contribution >= 0.6 is 0 Å². The van der Waals surface area contributed by atoms with Gasteiger partial charge in [-0.3, -0.25) is 0 Å². The molecule has 0 aromatic carbocycles. The second-order valence-electron chi connectivity index (χ2n) is 5.51. The summed E-state index contributed by atoms with van der Waals surface area (Å²) < 4.78 is 28.4. The van der Waals surface area contributed by atoms with Crippen molar-refractivity contribution < 1.29 is 8.42 Å². The molecule has 1 N–H and O–H groups in total. The summed E-state index contributed by atoms with van der Waals surface area (Å²) in [6, 6.07) is 0.171. The third kappa shape index (κ3) is 2.87. The van der Waals surface area contributed by atoms with Gasteiger partial charge in [0.25, 0.3) is 10.2 Å². The minimum Gasteiger partial charge on any atom is -0.319 e. The summed E-state index contributed by atoms with van der Waals surface area (Å²) in [5, 5.41) is 3.17. The van der Waals surface area contributed by atoms with Gasteiger partial charge in [-0.25, -0.2) is 0 Å². The molecule has 2 aliphatic heterocycles. The Morgan fingerprint density at radius 1 is 1.17 bits per heavy atom. The van der Waals surface area contributed by atoms with E-state index in [-0.39, 0.29) is 6.04 Å². The summed E-state index contributed by atoms with van der Waals surface area (Å²) >= 11 is 0. The maximum atomic E-state index is 12.5. The van der Waals surface area contributed by atoms with Gasteiger partial charge >= 0.3 is 0 Å². The van der Waals surface area contributed by atoms with Crippen molar-refractivity contribution in [2.24, 2.45) is 5.92 Å². The Morgan fingerprint density at radius 2 is 1.83 bits per heavy atom. The summed E-state index contributed by atoms with van der Waals surface area (Å²) in [4.78, 5) is 0. The number of hydrogen-bond donors (Lipinski definition) is 1. The molecule has 18 heavy (non-hydrogen) atoms. The molecule has 0 radical (unpaired) electrons. The quantitative estimate of drug-likeness (QED) is 0.819. The first-order valence-corrected chi connectivity index (χ1v) is 8.37. The lowest BCUT2D eigenvalue weighted by atomic mass is 9.98. The molecule has 2 saturated heterocycles. The van der Waals surface area contributed by atoms with Crippen molar-refractivity contribution in [2.45, 2.75) is 38.6 Å². The molecule has 0 amide bonds. The van der Waals surface area contributed by atoms with Crippen molar-refractivity contribution in [3.05, 3.63) is 0 Å². The lowest BCUT2D eigenvalue weighted by Gasteiger charge is -2.34. The summed E-state index contributed by atoms with van der Waals surface area (Å²) in [5.41, 5.74) is 0. The van der Waals surface area contributed by atoms with E-state index >= 15 is 0 Å². The molecule has 0 saturated carbocycles. The summed E-state index contributed by atoms with van der Waals surface area (Å²) in [6.07, 6.45) is 3.94. The zero-order chi connectivity index (χ0) is 13.2. The maximum absolute atomic E-state index is 12.5. The Kier molecular flexibility index (Phi) is 4.64. The molecule has 2 fully saturated rings. The summed E-state index contributed by atoms with van der Waals surface area (Å²) in [5.74, 6) is 0.623. The Balaban J connectivity index is 1.96. The predicted molar refractivity (Wildman–Crippen MR) is 72.5 cm³/mol. The monoisotopic (exact) mass is 275 g/mol. The molecular formula is C12H25N3O2S. The van der Waals surface area contributed by atoms with E-state index in [2.05, 4.69) is 5.32 Å². The van der Waals surface area contributed by atoms with Crippen LogP contribution in [0.15, 0.2) is 0 Å². The van der Waals surface area contributed by atoms with Gasteiger partial charge in [0.2, 0.25) is 0 Å². The largest absolute Gasteiger partial charge is 0.319 e. The van der Waals surface area contributed by atoms with Crippen LogP contribution in [-0.4, -0.2) is 56.3 Å². The van der Waals surface area contributed by atoms with E-state index in [4.69, 9.17) is 0 Å². The topological polar surface area (TPSA) is 52.7 Å². The van der Waals surface area contributed by atoms with Gasteiger partial charge in [-0.2, -0.15) is 17.0 Å². The van der Waals surface area contributed by atoms with Crippen LogP contribution in [0.25, 0.3) is 0 Å². The zero-order valence-electron chi connectivity index (χ0n) is 11.4. The van der Waals surface area contributed by atoms with Crippen LogP contribution in [0.2, 0.25) is 0 Å². The van der Waals surface area contributed by atoms with E-state index in [0.717, 1.165) is 32.2 Å². The van der Waals surface area contributed by atoms with Crippen LogP contribution in [0.5, 0.6) is 0 Å². The first kappa shape index (κ1) is 14.2. The van der Waals surface area contributed by atoms with E-state index in [1.165, 1.54) is 0 Å². The molecule has 0 aliphatic carbocycles. The van der Waals surface area contributed by atoms with Crippen LogP contribution < -0.4 is 5.32 Å². The van der Waals surface area contributed by atoms with Crippen molar-refractivity contribution in [2.75, 3.05) is 33.2 Å². The van der Waals surface area contributed by atoms with Crippen LogP contribution in [0.4, 0.5) is 0 Å². The SMILES string of the molecule is CNCC1CCN(S(=O)(=O)N2CCCC2C)CC1. The average molecular weight is 275 g/mol. The zero-order valence-corrected chi connectivity index (χ0v) is 12.2. The molecule has 106 valence electrons. The first-order chi connectivity index (χ1) is 8.55. The fraction of sp³-hybridized carbons (Fsp3) is 1.00. The molecule has 6 heteroatoms. The normalized spacial score (nSPS) is 28.9. The third-order valence-corrected chi connectivity index (χ3v) is 6.33. The maximum Gasteiger partial charge on any atom is 0.282 e. The Hall–Kier alpha value is -0.170. The van der Waals surface area contributed by atoms with Gasteiger partial charge in [0, 0.05) is 25.7 Å². The molecule has 0 aromatic heterocycles. The fourth-order valence-electron chi connectivity index (χ4n) is 3.03.